The first kappa shape index (κ1) is 42.9. The van der Waals surface area contributed by atoms with Crippen LogP contribution in [-0.4, -0.2) is 71.6 Å². The van der Waals surface area contributed by atoms with Gasteiger partial charge in [0.2, 0.25) is 5.91 Å². The summed E-state index contributed by atoms with van der Waals surface area (Å²) in [6.45, 7) is 5.25. The molecule has 0 aromatic heterocycles. The molecule has 4 aromatic carbocycles. The van der Waals surface area contributed by atoms with E-state index in [0.717, 1.165) is 78.4 Å². The Labute approximate surface area is 334 Å². The van der Waals surface area contributed by atoms with Crippen LogP contribution in [0.2, 0.25) is 0 Å². The third kappa shape index (κ3) is 14.3. The van der Waals surface area contributed by atoms with E-state index in [4.69, 9.17) is 9.90 Å². The van der Waals surface area contributed by atoms with Gasteiger partial charge in [0.1, 0.15) is 0 Å². The fourth-order valence-corrected chi connectivity index (χ4v) is 7.60. The summed E-state index contributed by atoms with van der Waals surface area (Å²) >= 11 is 0. The summed E-state index contributed by atoms with van der Waals surface area (Å²) in [6.07, 6.45) is 9.18. The number of rotatable bonds is 14. The van der Waals surface area contributed by atoms with E-state index in [1.54, 1.807) is 6.08 Å². The van der Waals surface area contributed by atoms with E-state index in [9.17, 15) is 22.8 Å². The van der Waals surface area contributed by atoms with Crippen molar-refractivity contribution in [2.45, 2.75) is 70.5 Å². The molecule has 7 nitrogen and oxygen atoms in total. The fourth-order valence-electron chi connectivity index (χ4n) is 7.60. The topological polar surface area (TPSA) is 90.0 Å². The van der Waals surface area contributed by atoms with Gasteiger partial charge in [0.05, 0.1) is 0 Å². The number of aryl methyl sites for hydroxylation is 1. The molecule has 4 aromatic rings. The quantitative estimate of drug-likeness (QED) is 0.125. The summed E-state index contributed by atoms with van der Waals surface area (Å²) in [5.74, 6) is -0.970. The van der Waals surface area contributed by atoms with Gasteiger partial charge in [-0.15, -0.1) is 0 Å². The van der Waals surface area contributed by atoms with Crippen LogP contribution in [0.4, 0.5) is 13.2 Å². The Kier molecular flexibility index (Phi) is 16.5. The maximum Gasteiger partial charge on any atom is 0.490 e. The van der Waals surface area contributed by atoms with Crippen molar-refractivity contribution in [3.05, 3.63) is 138 Å². The van der Waals surface area contributed by atoms with Crippen LogP contribution >= 0.6 is 0 Å². The zero-order chi connectivity index (χ0) is 40.5. The number of carboxylic acid groups (broad SMARTS) is 1. The molecule has 0 radical (unpaired) electrons. The number of halogens is 3. The predicted octanol–water partition coefficient (Wildman–Crippen LogP) is 9.68. The molecule has 2 N–H and O–H groups in total. The van der Waals surface area contributed by atoms with Crippen molar-refractivity contribution in [2.75, 3.05) is 32.7 Å². The summed E-state index contributed by atoms with van der Waals surface area (Å²) in [5, 5.41) is 10.6. The fraction of sp³-hybridized carbons (Fsp3) is 0.383. The number of amides is 2. The Morgan fingerprint density at radius 3 is 1.96 bits per heavy atom. The molecule has 2 fully saturated rings. The Morgan fingerprint density at radius 1 is 0.737 bits per heavy atom. The van der Waals surface area contributed by atoms with Crippen LogP contribution in [-0.2, 0) is 22.6 Å². The molecule has 10 heteroatoms. The summed E-state index contributed by atoms with van der Waals surface area (Å²) in [5.41, 5.74) is 6.19. The second kappa shape index (κ2) is 21.9. The second-order valence-corrected chi connectivity index (χ2v) is 15.0. The lowest BCUT2D eigenvalue weighted by Crippen LogP contribution is -2.38. The monoisotopic (exact) mass is 781 g/mol. The number of nitrogens with zero attached hydrogens (tertiary/aromatic N) is 2. The van der Waals surface area contributed by atoms with Gasteiger partial charge < -0.3 is 20.2 Å². The number of aliphatic carboxylic acids is 1. The van der Waals surface area contributed by atoms with Gasteiger partial charge in [-0.2, -0.15) is 13.2 Å². The van der Waals surface area contributed by atoms with Crippen molar-refractivity contribution >= 4 is 23.9 Å². The summed E-state index contributed by atoms with van der Waals surface area (Å²) < 4.78 is 31.7. The average Bonchev–Trinajstić information content (AvgIpc) is 3.23. The lowest BCUT2D eigenvalue weighted by Gasteiger charge is -2.32. The molecular formula is C47H54F3N3O4. The van der Waals surface area contributed by atoms with Gasteiger partial charge >= 0.3 is 12.1 Å². The number of hydrogen-bond acceptors (Lipinski definition) is 4. The molecule has 57 heavy (non-hydrogen) atoms. The number of benzene rings is 4. The van der Waals surface area contributed by atoms with Gasteiger partial charge in [0.25, 0.3) is 5.91 Å². The zero-order valence-corrected chi connectivity index (χ0v) is 32.5. The van der Waals surface area contributed by atoms with E-state index < -0.39 is 12.1 Å². The normalized spacial score (nSPS) is 15.2. The average molecular weight is 782 g/mol. The molecule has 6 rings (SSSR count). The van der Waals surface area contributed by atoms with Crippen molar-refractivity contribution < 1.29 is 32.7 Å². The summed E-state index contributed by atoms with van der Waals surface area (Å²) in [6, 6.07) is 36.9. The molecule has 302 valence electrons. The van der Waals surface area contributed by atoms with E-state index in [1.165, 1.54) is 50.8 Å². The third-order valence-electron chi connectivity index (χ3n) is 10.8. The molecule has 0 aliphatic carbocycles. The highest BCUT2D eigenvalue weighted by Crippen LogP contribution is 2.28. The largest absolute Gasteiger partial charge is 0.490 e. The molecule has 0 unspecified atom stereocenters. The third-order valence-corrected chi connectivity index (χ3v) is 10.8. The first-order valence-corrected chi connectivity index (χ1v) is 20.1. The number of piperidine rings is 2. The van der Waals surface area contributed by atoms with Crippen molar-refractivity contribution in [3.8, 4) is 11.1 Å². The predicted molar refractivity (Wildman–Crippen MR) is 219 cm³/mol. The smallest absolute Gasteiger partial charge is 0.475 e. The number of carbonyl (C=O) groups excluding carboxylic acids is 2. The molecule has 2 heterocycles. The van der Waals surface area contributed by atoms with E-state index in [2.05, 4.69) is 64.8 Å². The number of likely N-dealkylation sites (tertiary alicyclic amines) is 1. The number of hydrogen-bond donors (Lipinski definition) is 2. The molecule has 0 saturated carbocycles. The minimum Gasteiger partial charge on any atom is -0.475 e. The number of carboxylic acids is 1. The summed E-state index contributed by atoms with van der Waals surface area (Å²) in [7, 11) is 0. The van der Waals surface area contributed by atoms with Crippen LogP contribution in [0.5, 0.6) is 0 Å². The van der Waals surface area contributed by atoms with Crippen LogP contribution in [0.15, 0.2) is 115 Å². The molecule has 2 aliphatic heterocycles. The van der Waals surface area contributed by atoms with Gasteiger partial charge in [-0.1, -0.05) is 110 Å². The van der Waals surface area contributed by atoms with Crippen molar-refractivity contribution in [1.29, 1.82) is 0 Å². The van der Waals surface area contributed by atoms with E-state index in [0.29, 0.717) is 13.1 Å². The Morgan fingerprint density at radius 2 is 1.32 bits per heavy atom. The van der Waals surface area contributed by atoms with Gasteiger partial charge in [-0.05, 0) is 116 Å². The summed E-state index contributed by atoms with van der Waals surface area (Å²) in [4.78, 5) is 40.1. The Bertz CT molecular complexity index is 1890. The SMILES string of the molecule is O=C(/C=C/c1ccccc1)N(CCCc1ccccc1)Cc1cccc(-c2cccc(C(=O)N3CCC(CCCC4CCNCC4)CC3)c2)c1.O=C(O)C(F)(F)F. The zero-order valence-electron chi connectivity index (χ0n) is 32.5. The Hall–Kier alpha value is -5.22. The molecule has 2 amide bonds. The van der Waals surface area contributed by atoms with Crippen molar-refractivity contribution in [2.24, 2.45) is 11.8 Å². The highest BCUT2D eigenvalue weighted by molar-refractivity contribution is 5.95. The van der Waals surface area contributed by atoms with Gasteiger partial charge in [0.15, 0.2) is 0 Å². The maximum absolute atomic E-state index is 13.6. The molecular weight excluding hydrogens is 728 g/mol. The van der Waals surface area contributed by atoms with Gasteiger partial charge in [-0.3, -0.25) is 9.59 Å². The van der Waals surface area contributed by atoms with E-state index in [-0.39, 0.29) is 11.8 Å². The standard InChI is InChI=1S/C45H53N3O2.C2HF3O2/c49-44(23-22-37-13-5-2-6-14-37)48(30-10-18-36-11-3-1-4-12-36)35-40-17-8-19-41(33-40)42-20-9-21-43(34-42)45(50)47-31-26-39(27-32-47)16-7-15-38-24-28-46-29-25-38;3-2(4,5)1(6)7/h1-6,8-9,11-14,17,19-23,33-34,38-39,46H,7,10,15-16,18,24-32,35H2;(H,6,7)/b23-22+;. The molecule has 2 saturated heterocycles. The first-order valence-electron chi connectivity index (χ1n) is 20.1. The van der Waals surface area contributed by atoms with Crippen molar-refractivity contribution in [3.63, 3.8) is 0 Å². The molecule has 2 aliphatic rings. The minimum absolute atomic E-state index is 0.00505. The van der Waals surface area contributed by atoms with E-state index >= 15 is 0 Å². The second-order valence-electron chi connectivity index (χ2n) is 15.0. The maximum atomic E-state index is 13.6. The highest BCUT2D eigenvalue weighted by Gasteiger charge is 2.38. The van der Waals surface area contributed by atoms with Gasteiger partial charge in [0, 0.05) is 37.8 Å². The van der Waals surface area contributed by atoms with Crippen LogP contribution in [0.25, 0.3) is 17.2 Å². The Balaban J connectivity index is 0.000000811. The lowest BCUT2D eigenvalue weighted by molar-refractivity contribution is -0.192. The number of alkyl halides is 3. The van der Waals surface area contributed by atoms with Crippen LogP contribution in [0.3, 0.4) is 0 Å². The first-order chi connectivity index (χ1) is 27.5. The number of nitrogens with one attached hydrogen (secondary N) is 1. The van der Waals surface area contributed by atoms with Crippen LogP contribution in [0.1, 0.15) is 78.4 Å². The molecule has 0 spiro atoms. The molecule has 0 atom stereocenters. The molecule has 0 bridgehead atoms. The van der Waals surface area contributed by atoms with Crippen LogP contribution < -0.4 is 5.32 Å². The van der Waals surface area contributed by atoms with Crippen LogP contribution in [0, 0.1) is 11.8 Å². The van der Waals surface area contributed by atoms with Crippen molar-refractivity contribution in [1.82, 2.24) is 15.1 Å². The number of carbonyl (C=O) groups is 3. The van der Waals surface area contributed by atoms with E-state index in [1.807, 2.05) is 65.6 Å². The minimum atomic E-state index is -5.08. The lowest BCUT2D eigenvalue weighted by atomic mass is 9.87. The van der Waals surface area contributed by atoms with Gasteiger partial charge in [-0.25, -0.2) is 4.79 Å². The highest BCUT2D eigenvalue weighted by atomic mass is 19.4.